The number of carboxylic acids is 1. The molecule has 228 valence electrons. The van der Waals surface area contributed by atoms with E-state index in [1.165, 1.54) is 12.1 Å². The monoisotopic (exact) mass is 598 g/mol. The molecule has 0 unspecified atom stereocenters. The molecule has 0 aliphatic carbocycles. The van der Waals surface area contributed by atoms with Gasteiger partial charge >= 0.3 is 5.97 Å². The van der Waals surface area contributed by atoms with Gasteiger partial charge in [0.1, 0.15) is 0 Å². The first kappa shape index (κ1) is 30.4. The molecule has 2 heterocycles. The Morgan fingerprint density at radius 2 is 1.59 bits per heavy atom. The molecule has 5 N–H and O–H groups in total. The summed E-state index contributed by atoms with van der Waals surface area (Å²) in [4.78, 5) is 53.1. The number of hydroxylamine groups is 1. The number of hydrogen-bond acceptors (Lipinski definition) is 8. The number of H-pyrrole nitrogens is 1. The maximum Gasteiger partial charge on any atom is 0.335 e. The van der Waals surface area contributed by atoms with Crippen molar-refractivity contribution in [1.82, 2.24) is 25.6 Å². The number of nitrogens with one attached hydrogen (secondary N) is 3. The lowest BCUT2D eigenvalue weighted by Gasteiger charge is -2.33. The minimum absolute atomic E-state index is 0.00663. The van der Waals surface area contributed by atoms with Crippen molar-refractivity contribution in [2.75, 3.05) is 52.9 Å². The van der Waals surface area contributed by atoms with Gasteiger partial charge in [-0.3, -0.25) is 24.2 Å². The predicted molar refractivity (Wildman–Crippen MR) is 165 cm³/mol. The number of benzene rings is 3. The van der Waals surface area contributed by atoms with Crippen molar-refractivity contribution >= 4 is 40.1 Å². The fraction of sp³-hybridized carbons (Fsp3) is 0.250. The largest absolute Gasteiger partial charge is 0.494 e. The highest BCUT2D eigenvalue weighted by molar-refractivity contribution is 6.22. The summed E-state index contributed by atoms with van der Waals surface area (Å²) in [7, 11) is 1.63. The van der Waals surface area contributed by atoms with Crippen molar-refractivity contribution in [3.8, 4) is 5.88 Å². The minimum Gasteiger partial charge on any atom is -0.494 e. The smallest absolute Gasteiger partial charge is 0.335 e. The van der Waals surface area contributed by atoms with Crippen molar-refractivity contribution in [2.24, 2.45) is 4.99 Å². The first-order valence-corrected chi connectivity index (χ1v) is 14.2. The van der Waals surface area contributed by atoms with Gasteiger partial charge in [-0.25, -0.2) is 15.3 Å². The number of aromatic hydroxyl groups is 1. The van der Waals surface area contributed by atoms with Crippen LogP contribution in [0, 0.1) is 0 Å². The van der Waals surface area contributed by atoms with Crippen LogP contribution in [0.25, 0.3) is 10.9 Å². The molecule has 1 aliphatic heterocycles. The second-order valence-corrected chi connectivity index (χ2v) is 10.4. The van der Waals surface area contributed by atoms with Crippen molar-refractivity contribution < 1.29 is 29.4 Å². The zero-order valence-corrected chi connectivity index (χ0v) is 24.2. The van der Waals surface area contributed by atoms with Crippen molar-refractivity contribution in [2.45, 2.75) is 0 Å². The van der Waals surface area contributed by atoms with Gasteiger partial charge in [0.05, 0.1) is 35.7 Å². The summed E-state index contributed by atoms with van der Waals surface area (Å²) in [6, 6.07) is 20.6. The number of carbonyl (C=O) groups is 3. The van der Waals surface area contributed by atoms with Crippen LogP contribution in [0.15, 0.2) is 77.8 Å². The first-order valence-electron chi connectivity index (χ1n) is 14.2. The molecule has 12 heteroatoms. The summed E-state index contributed by atoms with van der Waals surface area (Å²) in [5.74, 6) is -1.58. The number of aromatic carboxylic acids is 1. The number of rotatable bonds is 11. The Balaban J connectivity index is 1.23. The number of aromatic nitrogens is 1. The summed E-state index contributed by atoms with van der Waals surface area (Å²) >= 11 is 0. The average molecular weight is 599 g/mol. The van der Waals surface area contributed by atoms with Crippen LogP contribution in [0.4, 0.5) is 5.69 Å². The molecule has 44 heavy (non-hydrogen) atoms. The number of carboxylic acid groups (broad SMARTS) is 1. The van der Waals surface area contributed by atoms with Gasteiger partial charge in [0.25, 0.3) is 5.91 Å². The summed E-state index contributed by atoms with van der Waals surface area (Å²) in [5, 5.41) is 23.5. The molecule has 0 atom stereocenters. The quantitative estimate of drug-likeness (QED) is 0.100. The van der Waals surface area contributed by atoms with Crippen LogP contribution in [-0.2, 0) is 9.63 Å². The molecular weight excluding hydrogens is 564 g/mol. The number of likely N-dealkylation sites (N-methyl/N-ethyl adjacent to an activating group) is 1. The zero-order valence-electron chi connectivity index (χ0n) is 24.2. The molecule has 1 fully saturated rings. The van der Waals surface area contributed by atoms with Gasteiger partial charge in [-0.15, -0.1) is 0 Å². The lowest BCUT2D eigenvalue weighted by molar-refractivity contribution is -0.122. The van der Waals surface area contributed by atoms with Crippen LogP contribution in [0.1, 0.15) is 31.8 Å². The van der Waals surface area contributed by atoms with Crippen LogP contribution < -0.4 is 10.8 Å². The van der Waals surface area contributed by atoms with Crippen LogP contribution in [0.2, 0.25) is 0 Å². The Morgan fingerprint density at radius 1 is 0.909 bits per heavy atom. The Bertz CT molecular complexity index is 1660. The van der Waals surface area contributed by atoms with Gasteiger partial charge in [0.2, 0.25) is 5.91 Å². The minimum atomic E-state index is -1.07. The number of aliphatic imine (C=N–C) groups is 1. The SMILES string of the molecule is CNC(=O)CN1CCN(CCONC(=O)c2ccc(N=C(c3ccccc3)c3c(O)[nH]c4cc(C(=O)O)ccc34)cc2)CC1. The Labute approximate surface area is 253 Å². The van der Waals surface area contributed by atoms with Crippen LogP contribution in [0.3, 0.4) is 0 Å². The third-order valence-electron chi connectivity index (χ3n) is 7.47. The van der Waals surface area contributed by atoms with Gasteiger partial charge < -0.3 is 20.5 Å². The van der Waals surface area contributed by atoms with Gasteiger partial charge in [-0.1, -0.05) is 36.4 Å². The zero-order chi connectivity index (χ0) is 31.1. The Hall–Kier alpha value is -5.04. The van der Waals surface area contributed by atoms with E-state index in [0.717, 1.165) is 31.7 Å². The molecule has 1 aromatic heterocycles. The van der Waals surface area contributed by atoms with Crippen molar-refractivity contribution in [3.05, 3.63) is 95.1 Å². The number of piperazine rings is 1. The number of hydrogen-bond donors (Lipinski definition) is 5. The van der Waals surface area contributed by atoms with Gasteiger partial charge in [-0.05, 0) is 36.4 Å². The van der Waals surface area contributed by atoms with E-state index in [2.05, 4.69) is 25.6 Å². The Kier molecular flexibility index (Phi) is 9.65. The second-order valence-electron chi connectivity index (χ2n) is 10.4. The highest BCUT2D eigenvalue weighted by Crippen LogP contribution is 2.32. The molecular formula is C32H34N6O6. The standard InChI is InChI=1S/C32H34N6O6/c1-33-27(39)20-38-15-13-37(14-16-38)17-18-44-36-30(40)22-7-10-24(11-8-22)34-29(21-5-3-2-4-6-21)28-25-12-9-23(32(42)43)19-26(25)35-31(28)41/h2-12,19,35,41H,13-18,20H2,1H3,(H,33,39)(H,36,40)(H,42,43). The van der Waals surface area contributed by atoms with E-state index in [4.69, 9.17) is 9.83 Å². The molecule has 1 aliphatic rings. The van der Waals surface area contributed by atoms with E-state index in [0.29, 0.717) is 53.1 Å². The first-order chi connectivity index (χ1) is 21.3. The predicted octanol–water partition coefficient (Wildman–Crippen LogP) is 2.77. The highest BCUT2D eigenvalue weighted by atomic mass is 16.7. The average Bonchev–Trinajstić information content (AvgIpc) is 3.37. The van der Waals surface area contributed by atoms with E-state index in [-0.39, 0.29) is 23.3 Å². The maximum atomic E-state index is 12.7. The normalized spacial score (nSPS) is 14.4. The van der Waals surface area contributed by atoms with Crippen LogP contribution in [0.5, 0.6) is 5.88 Å². The van der Waals surface area contributed by atoms with Crippen LogP contribution in [-0.4, -0.2) is 101 Å². The van der Waals surface area contributed by atoms with Gasteiger partial charge in [0.15, 0.2) is 5.88 Å². The number of nitrogens with zero attached hydrogens (tertiary/aromatic N) is 3. The fourth-order valence-corrected chi connectivity index (χ4v) is 5.04. The second kappa shape index (κ2) is 14.0. The summed E-state index contributed by atoms with van der Waals surface area (Å²) in [6.07, 6.45) is 0. The van der Waals surface area contributed by atoms with E-state index in [1.807, 2.05) is 30.3 Å². The number of aromatic amines is 1. The summed E-state index contributed by atoms with van der Waals surface area (Å²) < 4.78 is 0. The maximum absolute atomic E-state index is 12.7. The van der Waals surface area contributed by atoms with Crippen molar-refractivity contribution in [1.29, 1.82) is 0 Å². The number of amides is 2. The molecule has 0 radical (unpaired) electrons. The lowest BCUT2D eigenvalue weighted by Crippen LogP contribution is -2.50. The third-order valence-corrected chi connectivity index (χ3v) is 7.47. The molecule has 12 nitrogen and oxygen atoms in total. The third kappa shape index (κ3) is 7.29. The Morgan fingerprint density at radius 3 is 2.27 bits per heavy atom. The molecule has 2 amide bonds. The van der Waals surface area contributed by atoms with E-state index in [1.54, 1.807) is 37.4 Å². The van der Waals surface area contributed by atoms with Gasteiger partial charge in [-0.2, -0.15) is 0 Å². The molecule has 3 aromatic carbocycles. The fourth-order valence-electron chi connectivity index (χ4n) is 5.04. The molecule has 0 saturated carbocycles. The molecule has 5 rings (SSSR count). The van der Waals surface area contributed by atoms with Gasteiger partial charge in [0, 0.05) is 61.8 Å². The van der Waals surface area contributed by atoms with E-state index < -0.39 is 5.97 Å². The highest BCUT2D eigenvalue weighted by Gasteiger charge is 2.20. The molecule has 0 bridgehead atoms. The number of fused-ring (bicyclic) bond motifs is 1. The number of carbonyl (C=O) groups excluding carboxylic acids is 2. The van der Waals surface area contributed by atoms with Crippen molar-refractivity contribution in [3.63, 3.8) is 0 Å². The molecule has 0 spiro atoms. The summed E-state index contributed by atoms with van der Waals surface area (Å²) in [6.45, 7) is 4.62. The molecule has 1 saturated heterocycles. The lowest BCUT2D eigenvalue weighted by atomic mass is 10.00. The topological polar surface area (TPSA) is 160 Å². The summed E-state index contributed by atoms with van der Waals surface area (Å²) in [5.41, 5.74) is 5.65. The molecule has 4 aromatic rings. The van der Waals surface area contributed by atoms with E-state index in [9.17, 15) is 24.6 Å². The van der Waals surface area contributed by atoms with Crippen LogP contribution >= 0.6 is 0 Å². The van der Waals surface area contributed by atoms with E-state index >= 15 is 0 Å².